The average molecular weight is 488 g/mol. The van der Waals surface area contributed by atoms with Crippen molar-refractivity contribution in [3.63, 3.8) is 0 Å². The molecule has 0 bridgehead atoms. The topological polar surface area (TPSA) is 49.9 Å². The van der Waals surface area contributed by atoms with Gasteiger partial charge in [-0.25, -0.2) is 9.96 Å². The van der Waals surface area contributed by atoms with Crippen LogP contribution in [0.1, 0.15) is 17.2 Å². The van der Waals surface area contributed by atoms with Crippen molar-refractivity contribution in [3.8, 4) is 0 Å². The van der Waals surface area contributed by atoms with Crippen molar-refractivity contribution in [1.82, 2.24) is 0 Å². The first-order chi connectivity index (χ1) is 15.4. The molecule has 0 aromatic heterocycles. The number of carbonyl (C=O) groups excluding carboxylic acids is 2. The van der Waals surface area contributed by atoms with Gasteiger partial charge in [-0.2, -0.15) is 0 Å². The molecule has 3 atom stereocenters. The van der Waals surface area contributed by atoms with E-state index in [1.54, 1.807) is 48.4 Å². The Bertz CT molecular complexity index is 1230. The van der Waals surface area contributed by atoms with Gasteiger partial charge in [0.25, 0.3) is 5.91 Å². The summed E-state index contributed by atoms with van der Waals surface area (Å²) in [6.45, 7) is 1.77. The fraction of sp³-hybridized carbons (Fsp3) is 0.167. The van der Waals surface area contributed by atoms with E-state index in [-0.39, 0.29) is 5.91 Å². The Hall–Kier alpha value is -2.57. The molecular weight excluding hydrogens is 471 g/mol. The molecule has 5 rings (SSSR count). The number of hydrogen-bond donors (Lipinski definition) is 0. The van der Waals surface area contributed by atoms with E-state index in [0.717, 1.165) is 0 Å². The first-order valence-corrected chi connectivity index (χ1v) is 11.1. The zero-order valence-electron chi connectivity index (χ0n) is 16.8. The molecule has 2 amide bonds. The van der Waals surface area contributed by atoms with Crippen molar-refractivity contribution < 1.29 is 14.4 Å². The average Bonchev–Trinajstić information content (AvgIpc) is 3.27. The van der Waals surface area contributed by atoms with Crippen LogP contribution >= 0.6 is 34.8 Å². The van der Waals surface area contributed by atoms with Gasteiger partial charge in [0, 0.05) is 15.1 Å². The highest BCUT2D eigenvalue weighted by atomic mass is 35.5. The van der Waals surface area contributed by atoms with E-state index < -0.39 is 24.0 Å². The number of nitrogens with zero attached hydrogens (tertiary/aromatic N) is 2. The molecule has 0 saturated carbocycles. The second kappa shape index (κ2) is 8.09. The minimum absolute atomic E-state index is 0.361. The van der Waals surface area contributed by atoms with Crippen LogP contribution in [0.5, 0.6) is 0 Å². The summed E-state index contributed by atoms with van der Waals surface area (Å²) >= 11 is 18.9. The molecule has 0 radical (unpaired) electrons. The molecule has 2 heterocycles. The number of carbonyl (C=O) groups is 2. The SMILES string of the molecule is Cc1c(Cl)cccc1N1C(=O)[C@H]2[C@H](ON(c3ccccc3)[C@@H]2c2ccc(Cl)cc2Cl)C1=O. The first-order valence-electron chi connectivity index (χ1n) is 9.97. The molecule has 0 unspecified atom stereocenters. The fourth-order valence-electron chi connectivity index (χ4n) is 4.35. The van der Waals surface area contributed by atoms with Gasteiger partial charge >= 0.3 is 0 Å². The Labute approximate surface area is 200 Å². The molecule has 2 fully saturated rings. The fourth-order valence-corrected chi connectivity index (χ4v) is 5.04. The number of amides is 2. The van der Waals surface area contributed by atoms with Crippen molar-refractivity contribution in [1.29, 1.82) is 0 Å². The maximum atomic E-state index is 13.7. The third-order valence-corrected chi connectivity index (χ3v) is 6.86. The summed E-state index contributed by atoms with van der Waals surface area (Å²) in [4.78, 5) is 34.4. The van der Waals surface area contributed by atoms with E-state index in [1.165, 1.54) is 4.90 Å². The molecule has 32 heavy (non-hydrogen) atoms. The molecule has 2 aliphatic heterocycles. The van der Waals surface area contributed by atoms with Gasteiger partial charge in [-0.15, -0.1) is 0 Å². The van der Waals surface area contributed by atoms with Crippen LogP contribution in [-0.2, 0) is 14.4 Å². The summed E-state index contributed by atoms with van der Waals surface area (Å²) in [6, 6.07) is 18.9. The molecule has 2 saturated heterocycles. The monoisotopic (exact) mass is 486 g/mol. The van der Waals surface area contributed by atoms with Crippen molar-refractivity contribution >= 4 is 58.0 Å². The number of imide groups is 1. The van der Waals surface area contributed by atoms with Crippen LogP contribution in [0.2, 0.25) is 15.1 Å². The Kier molecular flexibility index (Phi) is 5.38. The number of anilines is 2. The van der Waals surface area contributed by atoms with Crippen LogP contribution in [0.3, 0.4) is 0 Å². The van der Waals surface area contributed by atoms with Crippen molar-refractivity contribution in [2.45, 2.75) is 19.1 Å². The van der Waals surface area contributed by atoms with Crippen LogP contribution in [0.25, 0.3) is 0 Å². The van der Waals surface area contributed by atoms with Crippen LogP contribution in [-0.4, -0.2) is 17.9 Å². The van der Waals surface area contributed by atoms with E-state index in [0.29, 0.717) is 37.6 Å². The summed E-state index contributed by atoms with van der Waals surface area (Å²) < 4.78 is 0. The molecule has 2 aliphatic rings. The van der Waals surface area contributed by atoms with Gasteiger partial charge in [-0.1, -0.05) is 65.1 Å². The van der Waals surface area contributed by atoms with Crippen LogP contribution < -0.4 is 9.96 Å². The molecular formula is C24H17Cl3N2O3. The highest BCUT2D eigenvalue weighted by Crippen LogP contribution is 2.49. The van der Waals surface area contributed by atoms with Crippen molar-refractivity contribution in [2.24, 2.45) is 5.92 Å². The zero-order valence-corrected chi connectivity index (χ0v) is 19.1. The highest BCUT2D eigenvalue weighted by Gasteiger charge is 2.60. The zero-order chi connectivity index (χ0) is 22.6. The van der Waals surface area contributed by atoms with Gasteiger partial charge in [0.05, 0.1) is 17.4 Å². The number of fused-ring (bicyclic) bond motifs is 1. The first kappa shape index (κ1) is 21.3. The lowest BCUT2D eigenvalue weighted by atomic mass is 9.90. The lowest BCUT2D eigenvalue weighted by Crippen LogP contribution is -2.37. The summed E-state index contributed by atoms with van der Waals surface area (Å²) in [6.07, 6.45) is -0.988. The molecule has 3 aromatic carbocycles. The molecule has 5 nitrogen and oxygen atoms in total. The normalized spacial score (nSPS) is 22.6. The summed E-state index contributed by atoms with van der Waals surface area (Å²) in [5, 5.41) is 2.95. The maximum Gasteiger partial charge on any atom is 0.266 e. The second-order valence-electron chi connectivity index (χ2n) is 7.72. The van der Waals surface area contributed by atoms with E-state index in [1.807, 2.05) is 30.3 Å². The lowest BCUT2D eigenvalue weighted by molar-refractivity contribution is -0.126. The molecule has 162 valence electrons. The van der Waals surface area contributed by atoms with E-state index in [2.05, 4.69) is 0 Å². The summed E-state index contributed by atoms with van der Waals surface area (Å²) in [5.74, 6) is -1.58. The van der Waals surface area contributed by atoms with Gasteiger partial charge < -0.3 is 0 Å². The Morgan fingerprint density at radius 3 is 2.31 bits per heavy atom. The standard InChI is InChI=1S/C24H17Cl3N2O3/c1-13-17(26)8-5-9-19(13)28-23(30)20-21(16-11-10-14(25)12-18(16)27)29(32-22(20)24(28)31)15-6-3-2-4-7-15/h2-12,20-22H,1H3/t20-,21-,22+/m1/s1. The number of benzene rings is 3. The smallest absolute Gasteiger partial charge is 0.266 e. The quantitative estimate of drug-likeness (QED) is 0.425. The Morgan fingerprint density at radius 1 is 0.844 bits per heavy atom. The molecule has 0 N–H and O–H groups in total. The van der Waals surface area contributed by atoms with E-state index in [9.17, 15) is 9.59 Å². The van der Waals surface area contributed by atoms with Crippen LogP contribution in [0.15, 0.2) is 66.7 Å². The van der Waals surface area contributed by atoms with Gasteiger partial charge in [0.2, 0.25) is 5.91 Å². The predicted octanol–water partition coefficient (Wildman–Crippen LogP) is 6.01. The second-order valence-corrected chi connectivity index (χ2v) is 8.97. The number of halogens is 3. The highest BCUT2D eigenvalue weighted by molar-refractivity contribution is 6.35. The molecule has 3 aromatic rings. The Morgan fingerprint density at radius 2 is 1.59 bits per heavy atom. The molecule has 8 heteroatoms. The summed E-state index contributed by atoms with van der Waals surface area (Å²) in [5.41, 5.74) is 2.47. The number of rotatable bonds is 3. The Balaban J connectivity index is 1.63. The molecule has 0 spiro atoms. The minimum atomic E-state index is -0.988. The van der Waals surface area contributed by atoms with Gasteiger partial charge in [0.1, 0.15) is 5.92 Å². The van der Waals surface area contributed by atoms with Gasteiger partial charge in [-0.05, 0) is 54.4 Å². The van der Waals surface area contributed by atoms with E-state index >= 15 is 0 Å². The third kappa shape index (κ3) is 3.28. The van der Waals surface area contributed by atoms with Gasteiger partial charge in [-0.3, -0.25) is 14.4 Å². The maximum absolute atomic E-state index is 13.7. The van der Waals surface area contributed by atoms with Gasteiger partial charge in [0.15, 0.2) is 6.10 Å². The van der Waals surface area contributed by atoms with Crippen LogP contribution in [0.4, 0.5) is 11.4 Å². The number of hydrogen-bond acceptors (Lipinski definition) is 4. The van der Waals surface area contributed by atoms with Crippen molar-refractivity contribution in [2.75, 3.05) is 9.96 Å². The predicted molar refractivity (Wildman–Crippen MR) is 125 cm³/mol. The minimum Gasteiger partial charge on any atom is -0.273 e. The third-order valence-electron chi connectivity index (χ3n) is 5.89. The van der Waals surface area contributed by atoms with Crippen molar-refractivity contribution in [3.05, 3.63) is 92.9 Å². The number of hydroxylamine groups is 1. The lowest BCUT2D eigenvalue weighted by Gasteiger charge is -2.29. The number of para-hydroxylation sites is 1. The largest absolute Gasteiger partial charge is 0.273 e. The van der Waals surface area contributed by atoms with E-state index in [4.69, 9.17) is 39.6 Å². The molecule has 0 aliphatic carbocycles. The van der Waals surface area contributed by atoms with Crippen LogP contribution in [0, 0.1) is 12.8 Å². The summed E-state index contributed by atoms with van der Waals surface area (Å²) in [7, 11) is 0.